The van der Waals surface area contributed by atoms with Crippen LogP contribution in [0.15, 0.2) is 59.5 Å². The van der Waals surface area contributed by atoms with Gasteiger partial charge in [0.15, 0.2) is 6.54 Å². The predicted molar refractivity (Wildman–Crippen MR) is 93.4 cm³/mol. The van der Waals surface area contributed by atoms with Gasteiger partial charge in [-0.15, -0.1) is 11.8 Å². The van der Waals surface area contributed by atoms with Crippen LogP contribution in [0.1, 0.15) is 12.5 Å². The lowest BCUT2D eigenvalue weighted by molar-refractivity contribution is -0.903. The molecule has 2 aromatic carbocycles. The third-order valence-corrected chi connectivity index (χ3v) is 4.38. The molecule has 1 atom stereocenters. The molecule has 2 rings (SSSR count). The lowest BCUT2D eigenvalue weighted by Crippen LogP contribution is -3.11. The highest BCUT2D eigenvalue weighted by atomic mass is 32.2. The van der Waals surface area contributed by atoms with Gasteiger partial charge in [-0.3, -0.25) is 4.79 Å². The number of hydrogen-bond acceptors (Lipinski definition) is 2. The highest BCUT2D eigenvalue weighted by Gasteiger charge is 2.14. The zero-order valence-corrected chi connectivity index (χ0v) is 14.0. The van der Waals surface area contributed by atoms with Crippen molar-refractivity contribution in [3.8, 4) is 0 Å². The minimum atomic E-state index is 0.0641. The number of likely N-dealkylation sites (N-methyl/N-ethyl adjacent to an activating group) is 1. The van der Waals surface area contributed by atoms with Gasteiger partial charge in [0.2, 0.25) is 0 Å². The Kier molecular flexibility index (Phi) is 6.49. The van der Waals surface area contributed by atoms with E-state index in [1.807, 2.05) is 48.7 Å². The van der Waals surface area contributed by atoms with E-state index in [-0.39, 0.29) is 5.91 Å². The molecule has 0 aliphatic carbocycles. The molecule has 0 fully saturated rings. The number of para-hydroxylation sites is 1. The Bertz CT molecular complexity index is 601. The molecular weight excluding hydrogens is 292 g/mol. The topological polar surface area (TPSA) is 33.5 Å². The van der Waals surface area contributed by atoms with Gasteiger partial charge in [0.25, 0.3) is 5.91 Å². The summed E-state index contributed by atoms with van der Waals surface area (Å²) in [5.41, 5.74) is 2.16. The molecule has 0 aliphatic heterocycles. The fraction of sp³-hybridized carbons (Fsp3) is 0.278. The normalized spacial score (nSPS) is 11.9. The Morgan fingerprint density at radius 1 is 1.09 bits per heavy atom. The molecule has 2 N–H and O–H groups in total. The third-order valence-electron chi connectivity index (χ3n) is 3.59. The minimum absolute atomic E-state index is 0.0641. The summed E-state index contributed by atoms with van der Waals surface area (Å²) < 4.78 is 0. The molecule has 0 aromatic heterocycles. The summed E-state index contributed by atoms with van der Waals surface area (Å²) in [5, 5.41) is 3.03. The van der Waals surface area contributed by atoms with Crippen LogP contribution in [0.4, 0.5) is 5.69 Å². The summed E-state index contributed by atoms with van der Waals surface area (Å²) in [7, 11) is 0. The van der Waals surface area contributed by atoms with Gasteiger partial charge in [0, 0.05) is 10.5 Å². The first-order chi connectivity index (χ1) is 10.7. The third kappa shape index (κ3) is 4.90. The summed E-state index contributed by atoms with van der Waals surface area (Å²) in [6.07, 6.45) is 2.02. The number of benzene rings is 2. The number of carbonyl (C=O) groups excluding carboxylic acids is 1. The maximum absolute atomic E-state index is 12.3. The average molecular weight is 315 g/mol. The molecule has 1 unspecified atom stereocenters. The molecule has 0 spiro atoms. The molecule has 3 nitrogen and oxygen atoms in total. The van der Waals surface area contributed by atoms with Gasteiger partial charge >= 0.3 is 0 Å². The maximum Gasteiger partial charge on any atom is 0.279 e. The van der Waals surface area contributed by atoms with Gasteiger partial charge in [-0.05, 0) is 25.3 Å². The van der Waals surface area contributed by atoms with Crippen LogP contribution in [-0.2, 0) is 11.3 Å². The predicted octanol–water partition coefficient (Wildman–Crippen LogP) is 2.45. The second-order valence-electron chi connectivity index (χ2n) is 5.19. The molecule has 0 saturated heterocycles. The zero-order chi connectivity index (χ0) is 15.8. The van der Waals surface area contributed by atoms with Crippen molar-refractivity contribution >= 4 is 23.4 Å². The first kappa shape index (κ1) is 16.6. The summed E-state index contributed by atoms with van der Waals surface area (Å²) in [5.74, 6) is 0.0641. The zero-order valence-electron chi connectivity index (χ0n) is 13.1. The summed E-state index contributed by atoms with van der Waals surface area (Å²) in [4.78, 5) is 14.6. The molecule has 0 heterocycles. The van der Waals surface area contributed by atoms with E-state index in [0.717, 1.165) is 23.7 Å². The van der Waals surface area contributed by atoms with Crippen LogP contribution in [0.5, 0.6) is 0 Å². The van der Waals surface area contributed by atoms with Crippen molar-refractivity contribution in [3.05, 3.63) is 60.2 Å². The average Bonchev–Trinajstić information content (AvgIpc) is 2.55. The van der Waals surface area contributed by atoms with Crippen LogP contribution in [0.25, 0.3) is 0 Å². The SMILES string of the molecule is CC[NH+](CC(=O)Nc1ccccc1SC)Cc1ccccc1. The number of anilines is 1. The Labute approximate surface area is 136 Å². The van der Waals surface area contributed by atoms with E-state index >= 15 is 0 Å². The Morgan fingerprint density at radius 3 is 2.45 bits per heavy atom. The number of carbonyl (C=O) groups is 1. The highest BCUT2D eigenvalue weighted by Crippen LogP contribution is 2.24. The standard InChI is InChI=1S/C18H22N2OS/c1-3-20(13-15-9-5-4-6-10-15)14-18(21)19-16-11-7-8-12-17(16)22-2/h4-12H,3,13-14H2,1-2H3,(H,19,21)/p+1. The van der Waals surface area contributed by atoms with Crippen molar-refractivity contribution in [2.24, 2.45) is 0 Å². The molecule has 0 radical (unpaired) electrons. The number of thioether (sulfide) groups is 1. The minimum Gasteiger partial charge on any atom is -0.324 e. The van der Waals surface area contributed by atoms with Gasteiger partial charge in [0.05, 0.1) is 12.2 Å². The van der Waals surface area contributed by atoms with E-state index < -0.39 is 0 Å². The molecule has 0 bridgehead atoms. The van der Waals surface area contributed by atoms with Crippen molar-refractivity contribution in [2.45, 2.75) is 18.4 Å². The van der Waals surface area contributed by atoms with Crippen LogP contribution in [0.3, 0.4) is 0 Å². The van der Waals surface area contributed by atoms with Crippen LogP contribution in [0.2, 0.25) is 0 Å². The van der Waals surface area contributed by atoms with Gasteiger partial charge < -0.3 is 10.2 Å². The van der Waals surface area contributed by atoms with E-state index in [1.165, 1.54) is 10.5 Å². The van der Waals surface area contributed by atoms with Crippen LogP contribution in [0, 0.1) is 0 Å². The Balaban J connectivity index is 1.94. The second-order valence-corrected chi connectivity index (χ2v) is 6.04. The van der Waals surface area contributed by atoms with Crippen molar-refractivity contribution in [1.29, 1.82) is 0 Å². The van der Waals surface area contributed by atoms with Crippen LogP contribution in [-0.4, -0.2) is 25.3 Å². The molecule has 116 valence electrons. The van der Waals surface area contributed by atoms with Crippen molar-refractivity contribution in [2.75, 3.05) is 24.7 Å². The molecule has 4 heteroatoms. The summed E-state index contributed by atoms with van der Waals surface area (Å²) >= 11 is 1.64. The molecule has 0 aliphatic rings. The number of nitrogens with one attached hydrogen (secondary N) is 2. The number of hydrogen-bond donors (Lipinski definition) is 2. The summed E-state index contributed by atoms with van der Waals surface area (Å²) in [6.45, 7) is 4.39. The van der Waals surface area contributed by atoms with Gasteiger partial charge in [0.1, 0.15) is 6.54 Å². The highest BCUT2D eigenvalue weighted by molar-refractivity contribution is 7.98. The second kappa shape index (κ2) is 8.61. The van der Waals surface area contributed by atoms with Crippen molar-refractivity contribution in [3.63, 3.8) is 0 Å². The van der Waals surface area contributed by atoms with Crippen LogP contribution >= 0.6 is 11.8 Å². The smallest absolute Gasteiger partial charge is 0.279 e. The van der Waals surface area contributed by atoms with E-state index in [0.29, 0.717) is 6.54 Å². The molecular formula is C18H23N2OS+. The van der Waals surface area contributed by atoms with E-state index in [2.05, 4.69) is 24.4 Å². The first-order valence-electron chi connectivity index (χ1n) is 7.53. The Morgan fingerprint density at radius 2 is 1.77 bits per heavy atom. The molecule has 0 saturated carbocycles. The van der Waals surface area contributed by atoms with E-state index in [4.69, 9.17) is 0 Å². The van der Waals surface area contributed by atoms with Crippen molar-refractivity contribution in [1.82, 2.24) is 0 Å². The quantitative estimate of drug-likeness (QED) is 0.770. The number of rotatable bonds is 7. The largest absolute Gasteiger partial charge is 0.324 e. The monoisotopic (exact) mass is 315 g/mol. The maximum atomic E-state index is 12.3. The lowest BCUT2D eigenvalue weighted by Gasteiger charge is -2.18. The number of amides is 1. The van der Waals surface area contributed by atoms with Crippen LogP contribution < -0.4 is 10.2 Å². The fourth-order valence-electron chi connectivity index (χ4n) is 2.37. The molecule has 22 heavy (non-hydrogen) atoms. The van der Waals surface area contributed by atoms with E-state index in [9.17, 15) is 4.79 Å². The van der Waals surface area contributed by atoms with E-state index in [1.54, 1.807) is 11.8 Å². The first-order valence-corrected chi connectivity index (χ1v) is 8.75. The molecule has 1 amide bonds. The lowest BCUT2D eigenvalue weighted by atomic mass is 10.2. The molecule has 2 aromatic rings. The number of quaternary nitrogens is 1. The Hall–Kier alpha value is -1.78. The van der Waals surface area contributed by atoms with Gasteiger partial charge in [-0.1, -0.05) is 42.5 Å². The van der Waals surface area contributed by atoms with Crippen molar-refractivity contribution < 1.29 is 9.69 Å². The van der Waals surface area contributed by atoms with Gasteiger partial charge in [-0.25, -0.2) is 0 Å². The summed E-state index contributed by atoms with van der Waals surface area (Å²) in [6, 6.07) is 18.2. The fourth-order valence-corrected chi connectivity index (χ4v) is 2.92. The van der Waals surface area contributed by atoms with Gasteiger partial charge in [-0.2, -0.15) is 0 Å².